The number of carbonyl (C=O) groups excluding carboxylic acids is 2. The van der Waals surface area contributed by atoms with Gasteiger partial charge in [-0.1, -0.05) is 24.3 Å². The third kappa shape index (κ3) is 4.43. The van der Waals surface area contributed by atoms with Crippen molar-refractivity contribution in [2.45, 2.75) is 32.9 Å². The molecule has 8 heteroatoms. The number of esters is 1. The Labute approximate surface area is 168 Å². The van der Waals surface area contributed by atoms with Crippen molar-refractivity contribution in [2.24, 2.45) is 0 Å². The predicted molar refractivity (Wildman–Crippen MR) is 107 cm³/mol. The van der Waals surface area contributed by atoms with Crippen molar-refractivity contribution in [3.8, 4) is 0 Å². The smallest absolute Gasteiger partial charge is 0.365 e. The largest absolute Gasteiger partial charge is 0.465 e. The van der Waals surface area contributed by atoms with Crippen LogP contribution in [0.25, 0.3) is 0 Å². The first kappa shape index (κ1) is 20.5. The molecule has 152 valence electrons. The summed E-state index contributed by atoms with van der Waals surface area (Å²) in [6.45, 7) is 4.11. The number of anilines is 1. The minimum Gasteiger partial charge on any atom is -0.465 e. The summed E-state index contributed by atoms with van der Waals surface area (Å²) >= 11 is 0. The number of hydrogen-bond acceptors (Lipinski definition) is 5. The van der Waals surface area contributed by atoms with Crippen molar-refractivity contribution < 1.29 is 24.1 Å². The number of methoxy groups -OCH3 is 1. The topological polar surface area (TPSA) is 103 Å². The molecule has 2 atom stereocenters. The van der Waals surface area contributed by atoms with Crippen LogP contribution in [0, 0.1) is 24.0 Å². The summed E-state index contributed by atoms with van der Waals surface area (Å²) < 4.78 is 4.93. The number of quaternary nitrogens is 1. The van der Waals surface area contributed by atoms with Crippen LogP contribution in [-0.2, 0) is 27.3 Å². The molecule has 0 fully saturated rings. The number of fused-ring (bicyclic) bond motifs is 1. The van der Waals surface area contributed by atoms with Crippen LogP contribution < -0.4 is 10.2 Å². The van der Waals surface area contributed by atoms with Crippen molar-refractivity contribution in [3.63, 3.8) is 0 Å². The number of ether oxygens (including phenoxy) is 1. The number of carbonyl (C=O) groups is 2. The van der Waals surface area contributed by atoms with Gasteiger partial charge in [0.15, 0.2) is 12.6 Å². The van der Waals surface area contributed by atoms with E-state index in [9.17, 15) is 19.7 Å². The highest BCUT2D eigenvalue weighted by Gasteiger charge is 2.37. The van der Waals surface area contributed by atoms with Gasteiger partial charge in [0.25, 0.3) is 11.6 Å². The molecule has 0 saturated heterocycles. The number of aryl methyl sites for hydroxylation is 2. The van der Waals surface area contributed by atoms with E-state index in [-0.39, 0.29) is 29.8 Å². The zero-order valence-corrected chi connectivity index (χ0v) is 16.7. The van der Waals surface area contributed by atoms with Crippen LogP contribution in [0.3, 0.4) is 0 Å². The lowest BCUT2D eigenvalue weighted by molar-refractivity contribution is -0.924. The van der Waals surface area contributed by atoms with Crippen molar-refractivity contribution in [1.29, 1.82) is 0 Å². The van der Waals surface area contributed by atoms with E-state index < -0.39 is 11.0 Å². The minimum absolute atomic E-state index is 0.00181. The molecule has 3 rings (SSSR count). The number of nitrogens with zero attached hydrogens (tertiary/aromatic N) is 1. The van der Waals surface area contributed by atoms with Crippen LogP contribution in [-0.4, -0.2) is 36.5 Å². The maximum atomic E-state index is 12.7. The molecular weight excluding hydrogens is 374 g/mol. The van der Waals surface area contributed by atoms with E-state index in [2.05, 4.69) is 5.32 Å². The number of nitrogens with one attached hydrogen (secondary N) is 2. The normalized spacial score (nSPS) is 17.9. The quantitative estimate of drug-likeness (QED) is 0.449. The number of hydrogen-bond donors (Lipinski definition) is 2. The lowest BCUT2D eigenvalue weighted by Gasteiger charge is -2.31. The molecule has 0 aliphatic carbocycles. The van der Waals surface area contributed by atoms with E-state index in [0.29, 0.717) is 13.0 Å². The molecule has 29 heavy (non-hydrogen) atoms. The summed E-state index contributed by atoms with van der Waals surface area (Å²) in [4.78, 5) is 36.6. The minimum atomic E-state index is -0.511. The molecule has 1 aliphatic rings. The molecular formula is C21H24N3O5+. The van der Waals surface area contributed by atoms with Crippen LogP contribution in [0.4, 0.5) is 11.4 Å². The third-order valence-corrected chi connectivity index (χ3v) is 5.41. The van der Waals surface area contributed by atoms with Gasteiger partial charge >= 0.3 is 5.97 Å². The highest BCUT2D eigenvalue weighted by atomic mass is 16.6. The molecule has 8 nitrogen and oxygen atoms in total. The summed E-state index contributed by atoms with van der Waals surface area (Å²) in [5, 5.41) is 14.0. The Morgan fingerprint density at radius 3 is 2.52 bits per heavy atom. The fourth-order valence-electron chi connectivity index (χ4n) is 3.69. The number of amides is 1. The first-order chi connectivity index (χ1) is 13.8. The van der Waals surface area contributed by atoms with Crippen LogP contribution in [0.15, 0.2) is 36.4 Å². The van der Waals surface area contributed by atoms with Gasteiger partial charge in [-0.25, -0.2) is 4.79 Å². The summed E-state index contributed by atoms with van der Waals surface area (Å²) in [7, 11) is 1.33. The Morgan fingerprint density at radius 1 is 1.21 bits per heavy atom. The summed E-state index contributed by atoms with van der Waals surface area (Å²) in [6, 6.07) is 10.3. The summed E-state index contributed by atoms with van der Waals surface area (Å²) in [6.07, 6.45) is 0.481. The third-order valence-electron chi connectivity index (χ3n) is 5.41. The number of nitro groups is 1. The molecule has 0 saturated carbocycles. The first-order valence-corrected chi connectivity index (χ1v) is 9.34. The standard InChI is InChI=1S/C21H23N3O5/c1-13-8-17(18(24(27)28)9-14(13)2)22-20(25)12-23-11-16-7-5-4-6-15(16)10-19(23)21(26)29-3/h4-9,19H,10-12H2,1-3H3,(H,22,25)/p+1/t19-/m0/s1. The van der Waals surface area contributed by atoms with E-state index in [4.69, 9.17) is 4.74 Å². The molecule has 1 amide bonds. The molecule has 1 heterocycles. The van der Waals surface area contributed by atoms with Gasteiger partial charge in [0.05, 0.1) is 12.0 Å². The van der Waals surface area contributed by atoms with Crippen molar-refractivity contribution in [1.82, 2.24) is 0 Å². The Bertz CT molecular complexity index is 973. The Kier molecular flexibility index (Phi) is 5.93. The Morgan fingerprint density at radius 2 is 1.86 bits per heavy atom. The lowest BCUT2D eigenvalue weighted by Crippen LogP contribution is -3.17. The molecule has 2 aromatic carbocycles. The molecule has 2 N–H and O–H groups in total. The number of nitro benzene ring substituents is 1. The van der Waals surface area contributed by atoms with Crippen LogP contribution >= 0.6 is 0 Å². The summed E-state index contributed by atoms with van der Waals surface area (Å²) in [5.41, 5.74) is 3.78. The SMILES string of the molecule is COC(=O)[C@@H]1Cc2ccccc2C[NH+]1CC(=O)Nc1cc(C)c(C)cc1[N+](=O)[O-]. The Balaban J connectivity index is 1.81. The molecule has 2 aromatic rings. The van der Waals surface area contributed by atoms with E-state index in [1.807, 2.05) is 31.2 Å². The highest BCUT2D eigenvalue weighted by molar-refractivity contribution is 5.94. The van der Waals surface area contributed by atoms with Gasteiger partial charge in [0.1, 0.15) is 12.2 Å². The van der Waals surface area contributed by atoms with Crippen molar-refractivity contribution >= 4 is 23.3 Å². The average Bonchev–Trinajstić information content (AvgIpc) is 2.69. The first-order valence-electron chi connectivity index (χ1n) is 9.34. The van der Waals surface area contributed by atoms with Gasteiger partial charge < -0.3 is 15.0 Å². The van der Waals surface area contributed by atoms with Crippen LogP contribution in [0.1, 0.15) is 22.3 Å². The van der Waals surface area contributed by atoms with Gasteiger partial charge in [-0.2, -0.15) is 0 Å². The van der Waals surface area contributed by atoms with Crippen molar-refractivity contribution in [3.05, 3.63) is 68.8 Å². The average molecular weight is 398 g/mol. The predicted octanol–water partition coefficient (Wildman–Crippen LogP) is 1.33. The van der Waals surface area contributed by atoms with Crippen LogP contribution in [0.5, 0.6) is 0 Å². The fraction of sp³-hybridized carbons (Fsp3) is 0.333. The zero-order valence-electron chi connectivity index (χ0n) is 16.7. The van der Waals surface area contributed by atoms with E-state index in [1.54, 1.807) is 13.0 Å². The van der Waals surface area contributed by atoms with E-state index in [1.165, 1.54) is 13.2 Å². The number of rotatable bonds is 5. The molecule has 0 aromatic heterocycles. The maximum Gasteiger partial charge on any atom is 0.365 e. The van der Waals surface area contributed by atoms with Crippen molar-refractivity contribution in [2.75, 3.05) is 19.0 Å². The van der Waals surface area contributed by atoms with Gasteiger partial charge in [0, 0.05) is 18.1 Å². The van der Waals surface area contributed by atoms with Gasteiger partial charge in [0.2, 0.25) is 0 Å². The second-order valence-electron chi connectivity index (χ2n) is 7.32. The lowest BCUT2D eigenvalue weighted by atomic mass is 9.94. The molecule has 0 spiro atoms. The molecule has 0 radical (unpaired) electrons. The monoisotopic (exact) mass is 398 g/mol. The summed E-state index contributed by atoms with van der Waals surface area (Å²) in [5.74, 6) is -0.765. The second-order valence-corrected chi connectivity index (χ2v) is 7.32. The van der Waals surface area contributed by atoms with Crippen LogP contribution in [0.2, 0.25) is 0 Å². The van der Waals surface area contributed by atoms with Gasteiger partial charge in [-0.15, -0.1) is 0 Å². The molecule has 1 unspecified atom stereocenters. The highest BCUT2D eigenvalue weighted by Crippen LogP contribution is 2.27. The zero-order chi connectivity index (χ0) is 21.1. The fourth-order valence-corrected chi connectivity index (χ4v) is 3.69. The van der Waals surface area contributed by atoms with E-state index >= 15 is 0 Å². The molecule has 0 bridgehead atoms. The molecule has 1 aliphatic heterocycles. The van der Waals surface area contributed by atoms with Gasteiger partial charge in [-0.3, -0.25) is 14.9 Å². The van der Waals surface area contributed by atoms with E-state index in [0.717, 1.165) is 27.2 Å². The maximum absolute atomic E-state index is 12.7. The second kappa shape index (κ2) is 8.40. The Hall–Kier alpha value is -3.26. The number of benzene rings is 2. The van der Waals surface area contributed by atoms with Gasteiger partial charge in [-0.05, 0) is 36.6 Å².